The van der Waals surface area contributed by atoms with E-state index in [1.165, 1.54) is 12.8 Å². The van der Waals surface area contributed by atoms with E-state index in [1.54, 1.807) is 6.20 Å². The molecule has 1 aromatic rings. The largest absolute Gasteiger partial charge is 0.446 e. The highest BCUT2D eigenvalue weighted by molar-refractivity contribution is 6.17. The summed E-state index contributed by atoms with van der Waals surface area (Å²) in [6.07, 6.45) is 7.27. The molecule has 84 valence electrons. The first-order valence-electron chi connectivity index (χ1n) is 5.49. The molecule has 0 aromatic carbocycles. The summed E-state index contributed by atoms with van der Waals surface area (Å²) in [5, 5.41) is 0. The first-order valence-corrected chi connectivity index (χ1v) is 6.03. The fraction of sp³-hybridized carbons (Fsp3) is 0.727. The number of halogens is 1. The summed E-state index contributed by atoms with van der Waals surface area (Å²) in [5.74, 6) is 2.25. The van der Waals surface area contributed by atoms with Crippen molar-refractivity contribution in [2.75, 3.05) is 12.5 Å². The molecule has 1 saturated heterocycles. The van der Waals surface area contributed by atoms with Crippen molar-refractivity contribution in [3.63, 3.8) is 0 Å². The Kier molecular flexibility index (Phi) is 4.03. The van der Waals surface area contributed by atoms with E-state index in [4.69, 9.17) is 20.8 Å². The Morgan fingerprint density at radius 2 is 2.40 bits per heavy atom. The van der Waals surface area contributed by atoms with Gasteiger partial charge in [0, 0.05) is 25.3 Å². The second kappa shape index (κ2) is 5.52. The van der Waals surface area contributed by atoms with E-state index in [0.29, 0.717) is 18.4 Å². The van der Waals surface area contributed by atoms with Crippen molar-refractivity contribution < 1.29 is 9.15 Å². The number of nitrogens with zero attached hydrogens (tertiary/aromatic N) is 1. The molecular formula is C11H16ClNO2. The number of ether oxygens (including phenoxy) is 1. The van der Waals surface area contributed by atoms with E-state index >= 15 is 0 Å². The minimum atomic E-state index is 0.423. The number of alkyl halides is 1. The molecule has 15 heavy (non-hydrogen) atoms. The molecule has 0 bridgehead atoms. The number of oxazole rings is 1. The van der Waals surface area contributed by atoms with Crippen LogP contribution in [0.25, 0.3) is 0 Å². The monoisotopic (exact) mass is 229 g/mol. The lowest BCUT2D eigenvalue weighted by Crippen LogP contribution is -2.05. The fourth-order valence-electron chi connectivity index (χ4n) is 1.84. The highest BCUT2D eigenvalue weighted by Gasteiger charge is 2.16. The zero-order chi connectivity index (χ0) is 10.5. The summed E-state index contributed by atoms with van der Waals surface area (Å²) in [4.78, 5) is 4.16. The molecule has 0 aliphatic carbocycles. The average Bonchev–Trinajstić information content (AvgIpc) is 2.85. The van der Waals surface area contributed by atoms with Crippen LogP contribution in [0.5, 0.6) is 0 Å². The maximum atomic E-state index is 5.61. The van der Waals surface area contributed by atoms with Crippen LogP contribution in [-0.4, -0.2) is 23.6 Å². The summed E-state index contributed by atoms with van der Waals surface area (Å²) in [7, 11) is 0. The number of hydrogen-bond donors (Lipinski definition) is 0. The van der Waals surface area contributed by atoms with Crippen molar-refractivity contribution in [1.82, 2.24) is 4.98 Å². The lowest BCUT2D eigenvalue weighted by Gasteiger charge is -2.06. The standard InChI is InChI=1S/C11H16ClNO2/c12-6-5-11-13-8-10(15-11)4-3-9-2-1-7-14-9/h8-9H,1-7H2. The molecule has 3 nitrogen and oxygen atoms in total. The molecular weight excluding hydrogens is 214 g/mol. The van der Waals surface area contributed by atoms with Gasteiger partial charge in [0.05, 0.1) is 12.3 Å². The zero-order valence-corrected chi connectivity index (χ0v) is 9.50. The van der Waals surface area contributed by atoms with Crippen LogP contribution in [0.4, 0.5) is 0 Å². The summed E-state index contributed by atoms with van der Waals surface area (Å²) in [6.45, 7) is 0.915. The Hall–Kier alpha value is -0.540. The third kappa shape index (κ3) is 3.21. The maximum absolute atomic E-state index is 5.61. The summed E-state index contributed by atoms with van der Waals surface area (Å²) >= 11 is 5.61. The number of aromatic nitrogens is 1. The summed E-state index contributed by atoms with van der Waals surface area (Å²) in [6, 6.07) is 0. The minimum absolute atomic E-state index is 0.423. The molecule has 1 unspecified atom stereocenters. The van der Waals surface area contributed by atoms with Crippen LogP contribution in [0.2, 0.25) is 0 Å². The Morgan fingerprint density at radius 3 is 3.13 bits per heavy atom. The molecule has 0 amide bonds. The van der Waals surface area contributed by atoms with Crippen LogP contribution in [-0.2, 0) is 17.6 Å². The van der Waals surface area contributed by atoms with Gasteiger partial charge in [-0.3, -0.25) is 0 Å². The normalized spacial score (nSPS) is 21.0. The topological polar surface area (TPSA) is 35.3 Å². The van der Waals surface area contributed by atoms with Gasteiger partial charge in [-0.05, 0) is 19.3 Å². The quantitative estimate of drug-likeness (QED) is 0.728. The number of aryl methyl sites for hydroxylation is 2. The predicted octanol–water partition coefficient (Wildman–Crippen LogP) is 2.57. The molecule has 1 atom stereocenters. The smallest absolute Gasteiger partial charge is 0.195 e. The molecule has 2 rings (SSSR count). The second-order valence-electron chi connectivity index (χ2n) is 3.83. The van der Waals surface area contributed by atoms with E-state index < -0.39 is 0 Å². The third-order valence-corrected chi connectivity index (χ3v) is 2.84. The predicted molar refractivity (Wildman–Crippen MR) is 58.2 cm³/mol. The Bertz CT molecular complexity index is 295. The van der Waals surface area contributed by atoms with Crippen molar-refractivity contribution in [3.8, 4) is 0 Å². The van der Waals surface area contributed by atoms with Gasteiger partial charge in [0.1, 0.15) is 5.76 Å². The molecule has 0 saturated carbocycles. The molecule has 1 aliphatic heterocycles. The van der Waals surface area contributed by atoms with Crippen molar-refractivity contribution in [2.24, 2.45) is 0 Å². The SMILES string of the molecule is ClCCc1ncc(CCC2CCCO2)o1. The van der Waals surface area contributed by atoms with Crippen molar-refractivity contribution in [2.45, 2.75) is 38.2 Å². The molecule has 0 N–H and O–H groups in total. The minimum Gasteiger partial charge on any atom is -0.446 e. The molecule has 1 fully saturated rings. The van der Waals surface area contributed by atoms with Crippen molar-refractivity contribution in [3.05, 3.63) is 17.8 Å². The van der Waals surface area contributed by atoms with Gasteiger partial charge in [0.25, 0.3) is 0 Å². The van der Waals surface area contributed by atoms with E-state index in [9.17, 15) is 0 Å². The fourth-order valence-corrected chi connectivity index (χ4v) is 2.00. The van der Waals surface area contributed by atoms with Crippen LogP contribution in [0.15, 0.2) is 10.6 Å². The van der Waals surface area contributed by atoms with Crippen LogP contribution in [0.1, 0.15) is 30.9 Å². The van der Waals surface area contributed by atoms with Gasteiger partial charge in [-0.2, -0.15) is 0 Å². The lowest BCUT2D eigenvalue weighted by molar-refractivity contribution is 0.103. The van der Waals surface area contributed by atoms with E-state index in [2.05, 4.69) is 4.98 Å². The molecule has 1 aromatic heterocycles. The van der Waals surface area contributed by atoms with E-state index in [-0.39, 0.29) is 0 Å². The molecule has 2 heterocycles. The number of rotatable bonds is 5. The van der Waals surface area contributed by atoms with E-state index in [1.807, 2.05) is 0 Å². The van der Waals surface area contributed by atoms with Gasteiger partial charge in [-0.25, -0.2) is 4.98 Å². The van der Waals surface area contributed by atoms with Crippen LogP contribution >= 0.6 is 11.6 Å². The van der Waals surface area contributed by atoms with Gasteiger partial charge >= 0.3 is 0 Å². The highest BCUT2D eigenvalue weighted by Crippen LogP contribution is 2.18. The third-order valence-electron chi connectivity index (χ3n) is 2.65. The highest BCUT2D eigenvalue weighted by atomic mass is 35.5. The molecule has 4 heteroatoms. The average molecular weight is 230 g/mol. The van der Waals surface area contributed by atoms with Crippen molar-refractivity contribution >= 4 is 11.6 Å². The van der Waals surface area contributed by atoms with Gasteiger partial charge in [-0.15, -0.1) is 11.6 Å². The summed E-state index contributed by atoms with van der Waals surface area (Å²) in [5.41, 5.74) is 0. The van der Waals surface area contributed by atoms with Crippen LogP contribution in [0, 0.1) is 0 Å². The summed E-state index contributed by atoms with van der Waals surface area (Å²) < 4.78 is 11.1. The van der Waals surface area contributed by atoms with Gasteiger partial charge in [-0.1, -0.05) is 0 Å². The van der Waals surface area contributed by atoms with Crippen molar-refractivity contribution in [1.29, 1.82) is 0 Å². The maximum Gasteiger partial charge on any atom is 0.195 e. The van der Waals surface area contributed by atoms with E-state index in [0.717, 1.165) is 31.1 Å². The first-order chi connectivity index (χ1) is 7.38. The Morgan fingerprint density at radius 1 is 1.47 bits per heavy atom. The van der Waals surface area contributed by atoms with Gasteiger partial charge < -0.3 is 9.15 Å². The van der Waals surface area contributed by atoms with Crippen LogP contribution < -0.4 is 0 Å². The molecule has 0 spiro atoms. The first kappa shape index (κ1) is 11.0. The lowest BCUT2D eigenvalue weighted by atomic mass is 10.1. The Labute approximate surface area is 94.8 Å². The molecule has 0 radical (unpaired) electrons. The van der Waals surface area contributed by atoms with Crippen LogP contribution in [0.3, 0.4) is 0 Å². The molecule has 1 aliphatic rings. The second-order valence-corrected chi connectivity index (χ2v) is 4.21. The zero-order valence-electron chi connectivity index (χ0n) is 8.75. The van der Waals surface area contributed by atoms with Gasteiger partial charge in [0.2, 0.25) is 0 Å². The number of hydrogen-bond acceptors (Lipinski definition) is 3. The van der Waals surface area contributed by atoms with Gasteiger partial charge in [0.15, 0.2) is 5.89 Å². The Balaban J connectivity index is 1.77.